The summed E-state index contributed by atoms with van der Waals surface area (Å²) in [5.41, 5.74) is 3.92. The molecule has 1 atom stereocenters. The van der Waals surface area contributed by atoms with E-state index in [-0.39, 0.29) is 5.60 Å². The molecule has 2 aromatic carbocycles. The summed E-state index contributed by atoms with van der Waals surface area (Å²) >= 11 is 0. The Morgan fingerprint density at radius 1 is 1.03 bits per heavy atom. The molecule has 2 aliphatic heterocycles. The van der Waals surface area contributed by atoms with E-state index in [0.717, 1.165) is 68.6 Å². The molecule has 4 nitrogen and oxygen atoms in total. The average molecular weight is 407 g/mol. The van der Waals surface area contributed by atoms with Gasteiger partial charge < -0.3 is 15.0 Å². The summed E-state index contributed by atoms with van der Waals surface area (Å²) in [7, 11) is 2.11. The van der Waals surface area contributed by atoms with Crippen molar-refractivity contribution in [1.29, 1.82) is 0 Å². The molecule has 0 bridgehead atoms. The number of ether oxygens (including phenoxy) is 1. The molecule has 1 saturated heterocycles. The van der Waals surface area contributed by atoms with Gasteiger partial charge in [0.2, 0.25) is 0 Å². The number of aldehydes is 1. The third-order valence-electron chi connectivity index (χ3n) is 6.01. The maximum absolute atomic E-state index is 10.9. The highest BCUT2D eigenvalue weighted by Crippen LogP contribution is 2.42. The van der Waals surface area contributed by atoms with Crippen LogP contribution in [-0.2, 0) is 0 Å². The van der Waals surface area contributed by atoms with Gasteiger partial charge in [0.1, 0.15) is 17.6 Å². The number of nitrogens with one attached hydrogen (secondary N) is 1. The van der Waals surface area contributed by atoms with E-state index in [4.69, 9.17) is 4.74 Å². The highest BCUT2D eigenvalue weighted by atomic mass is 16.5. The van der Waals surface area contributed by atoms with Gasteiger partial charge in [-0.15, -0.1) is 0 Å². The normalized spacial score (nSPS) is 20.3. The molecule has 0 saturated carbocycles. The summed E-state index contributed by atoms with van der Waals surface area (Å²) in [4.78, 5) is 13.2. The fraction of sp³-hybridized carbons (Fsp3) is 0.423. The van der Waals surface area contributed by atoms with Crippen LogP contribution in [0.5, 0.6) is 5.75 Å². The van der Waals surface area contributed by atoms with E-state index in [1.54, 1.807) is 0 Å². The van der Waals surface area contributed by atoms with Gasteiger partial charge in [0.05, 0.1) is 0 Å². The van der Waals surface area contributed by atoms with Gasteiger partial charge in [-0.25, -0.2) is 0 Å². The molecule has 1 unspecified atom stereocenters. The van der Waals surface area contributed by atoms with Crippen LogP contribution >= 0.6 is 0 Å². The quantitative estimate of drug-likeness (QED) is 0.741. The van der Waals surface area contributed by atoms with E-state index in [9.17, 15) is 4.79 Å². The van der Waals surface area contributed by atoms with Crippen LogP contribution < -0.4 is 10.1 Å². The van der Waals surface area contributed by atoms with Crippen molar-refractivity contribution in [2.45, 2.75) is 38.7 Å². The van der Waals surface area contributed by atoms with Crippen LogP contribution in [0.4, 0.5) is 0 Å². The number of para-hydroxylation sites is 1. The van der Waals surface area contributed by atoms with Crippen molar-refractivity contribution in [3.05, 3.63) is 71.3 Å². The van der Waals surface area contributed by atoms with Crippen LogP contribution in [-0.4, -0.2) is 50.0 Å². The topological polar surface area (TPSA) is 41.6 Å². The van der Waals surface area contributed by atoms with Crippen molar-refractivity contribution in [2.75, 3.05) is 33.2 Å². The SMILES string of the molecule is CCN(C)CC.O=Cc1ccc(C2=CC3(CCCNCC3)Oc3ccccc32)cc1. The first-order valence-corrected chi connectivity index (χ1v) is 11.1. The van der Waals surface area contributed by atoms with Crippen LogP contribution in [0.3, 0.4) is 0 Å². The first kappa shape index (κ1) is 22.3. The summed E-state index contributed by atoms with van der Waals surface area (Å²) in [5.74, 6) is 0.955. The summed E-state index contributed by atoms with van der Waals surface area (Å²) < 4.78 is 6.46. The molecule has 2 aromatic rings. The second kappa shape index (κ2) is 10.6. The maximum atomic E-state index is 10.9. The fourth-order valence-electron chi connectivity index (χ4n) is 3.88. The molecule has 1 N–H and O–H groups in total. The molecule has 1 spiro atoms. The molecular weight excluding hydrogens is 372 g/mol. The highest BCUT2D eigenvalue weighted by Gasteiger charge is 2.36. The Morgan fingerprint density at radius 3 is 2.43 bits per heavy atom. The molecule has 0 amide bonds. The Kier molecular flexibility index (Phi) is 7.83. The summed E-state index contributed by atoms with van der Waals surface area (Å²) in [6.07, 6.45) is 6.28. The van der Waals surface area contributed by atoms with Crippen LogP contribution in [0, 0.1) is 0 Å². The number of hydrogen-bond donors (Lipinski definition) is 1. The van der Waals surface area contributed by atoms with Gasteiger partial charge in [0, 0.05) is 17.5 Å². The first-order valence-electron chi connectivity index (χ1n) is 11.1. The van der Waals surface area contributed by atoms with Crippen molar-refractivity contribution in [2.24, 2.45) is 0 Å². The standard InChI is InChI=1S/C21H21NO2.C5H13N/c23-15-16-6-8-17(9-7-16)19-14-21(10-3-12-22-13-11-21)24-20-5-2-1-4-18(19)20;1-4-6(3)5-2/h1-2,4-9,14-15,22H,3,10-13H2;4-5H2,1-3H3. The van der Waals surface area contributed by atoms with E-state index < -0.39 is 0 Å². The van der Waals surface area contributed by atoms with E-state index >= 15 is 0 Å². The highest BCUT2D eigenvalue weighted by molar-refractivity contribution is 5.86. The van der Waals surface area contributed by atoms with Gasteiger partial charge in [-0.3, -0.25) is 4.79 Å². The first-order chi connectivity index (χ1) is 14.6. The van der Waals surface area contributed by atoms with Gasteiger partial charge in [0.15, 0.2) is 0 Å². The molecule has 2 aliphatic rings. The van der Waals surface area contributed by atoms with Crippen molar-refractivity contribution >= 4 is 11.9 Å². The minimum absolute atomic E-state index is 0.240. The molecule has 0 aromatic heterocycles. The van der Waals surface area contributed by atoms with Crippen molar-refractivity contribution < 1.29 is 9.53 Å². The van der Waals surface area contributed by atoms with Crippen LogP contribution in [0.15, 0.2) is 54.6 Å². The van der Waals surface area contributed by atoms with Gasteiger partial charge >= 0.3 is 0 Å². The third kappa shape index (κ3) is 5.38. The molecule has 0 aliphatic carbocycles. The zero-order valence-electron chi connectivity index (χ0n) is 18.5. The lowest BCUT2D eigenvalue weighted by Crippen LogP contribution is -2.37. The number of rotatable bonds is 4. The molecule has 0 radical (unpaired) electrons. The maximum Gasteiger partial charge on any atom is 0.150 e. The van der Waals surface area contributed by atoms with E-state index in [1.165, 1.54) is 5.57 Å². The second-order valence-electron chi connectivity index (χ2n) is 8.05. The Balaban J connectivity index is 0.000000377. The zero-order valence-corrected chi connectivity index (χ0v) is 18.5. The molecule has 30 heavy (non-hydrogen) atoms. The number of fused-ring (bicyclic) bond motifs is 1. The lowest BCUT2D eigenvalue weighted by molar-refractivity contribution is 0.103. The zero-order chi connectivity index (χ0) is 21.4. The monoisotopic (exact) mass is 406 g/mol. The number of benzene rings is 2. The summed E-state index contributed by atoms with van der Waals surface area (Å²) in [5, 5.41) is 3.46. The molecular formula is C26H34N2O2. The van der Waals surface area contributed by atoms with Crippen LogP contribution in [0.25, 0.3) is 5.57 Å². The van der Waals surface area contributed by atoms with Gasteiger partial charge in [0.25, 0.3) is 0 Å². The molecule has 2 heterocycles. The smallest absolute Gasteiger partial charge is 0.150 e. The minimum Gasteiger partial charge on any atom is -0.482 e. The fourth-order valence-corrected chi connectivity index (χ4v) is 3.88. The average Bonchev–Trinajstić information content (AvgIpc) is 3.03. The molecule has 4 heteroatoms. The Morgan fingerprint density at radius 2 is 1.77 bits per heavy atom. The van der Waals surface area contributed by atoms with Crippen LogP contribution in [0.2, 0.25) is 0 Å². The Hall–Kier alpha value is -2.43. The Bertz CT molecular complexity index is 846. The predicted octanol–water partition coefficient (Wildman–Crippen LogP) is 4.79. The predicted molar refractivity (Wildman–Crippen MR) is 124 cm³/mol. The number of nitrogens with zero attached hydrogens (tertiary/aromatic N) is 1. The lowest BCUT2D eigenvalue weighted by atomic mass is 9.84. The van der Waals surface area contributed by atoms with Crippen molar-refractivity contribution in [1.82, 2.24) is 10.2 Å². The molecule has 4 rings (SSSR count). The van der Waals surface area contributed by atoms with Crippen LogP contribution in [0.1, 0.15) is 54.6 Å². The number of carbonyl (C=O) groups excluding carboxylic acids is 1. The van der Waals surface area contributed by atoms with Crippen molar-refractivity contribution in [3.63, 3.8) is 0 Å². The third-order valence-corrected chi connectivity index (χ3v) is 6.01. The second-order valence-corrected chi connectivity index (χ2v) is 8.05. The molecule has 160 valence electrons. The minimum atomic E-state index is -0.240. The van der Waals surface area contributed by atoms with Gasteiger partial charge in [-0.1, -0.05) is 56.3 Å². The summed E-state index contributed by atoms with van der Waals surface area (Å²) in [6.45, 7) is 8.65. The number of carbonyl (C=O) groups is 1. The van der Waals surface area contributed by atoms with E-state index in [1.807, 2.05) is 36.4 Å². The van der Waals surface area contributed by atoms with Gasteiger partial charge in [-0.2, -0.15) is 0 Å². The molecule has 1 fully saturated rings. The largest absolute Gasteiger partial charge is 0.482 e. The van der Waals surface area contributed by atoms with E-state index in [0.29, 0.717) is 5.56 Å². The Labute approximate surface area is 180 Å². The number of hydrogen-bond acceptors (Lipinski definition) is 4. The van der Waals surface area contributed by atoms with Gasteiger partial charge in [-0.05, 0) is 69.3 Å². The van der Waals surface area contributed by atoms with Crippen molar-refractivity contribution in [3.8, 4) is 5.75 Å². The lowest BCUT2D eigenvalue weighted by Gasteiger charge is -2.36. The van der Waals surface area contributed by atoms with E-state index in [2.05, 4.69) is 49.3 Å². The summed E-state index contributed by atoms with van der Waals surface area (Å²) in [6, 6.07) is 16.0.